The molecule has 0 aliphatic carbocycles. The fraction of sp³-hybridized carbons (Fsp3) is 0. The third-order valence-corrected chi connectivity index (χ3v) is 14.8. The van der Waals surface area contributed by atoms with Crippen LogP contribution in [0.3, 0.4) is 0 Å². The van der Waals surface area contributed by atoms with Gasteiger partial charge in [0.15, 0.2) is 17.5 Å². The highest BCUT2D eigenvalue weighted by molar-refractivity contribution is 7.27. The molecule has 0 aliphatic heterocycles. The van der Waals surface area contributed by atoms with Crippen LogP contribution < -0.4 is 0 Å². The number of fused-ring (bicyclic) bond motifs is 9. The Kier molecular flexibility index (Phi) is 9.00. The Balaban J connectivity index is 1.31. The van der Waals surface area contributed by atoms with Crippen LogP contribution in [0.4, 0.5) is 0 Å². The summed E-state index contributed by atoms with van der Waals surface area (Å²) in [7, 11) is 0. The van der Waals surface area contributed by atoms with Crippen molar-refractivity contribution in [1.82, 2.24) is 24.1 Å². The summed E-state index contributed by atoms with van der Waals surface area (Å²) >= 11 is 1.87. The Morgan fingerprint density at radius 3 is 1.13 bits per heavy atom. The lowest BCUT2D eigenvalue weighted by Gasteiger charge is -2.25. The zero-order valence-electron chi connectivity index (χ0n) is 37.2. The third-order valence-electron chi connectivity index (χ3n) is 13.6. The molecule has 0 atom stereocenters. The molecule has 0 radical (unpaired) electrons. The van der Waals surface area contributed by atoms with Crippen molar-refractivity contribution in [3.63, 3.8) is 0 Å². The monoisotopic (exact) mass is 897 g/mol. The van der Waals surface area contributed by atoms with Crippen LogP contribution >= 0.6 is 11.3 Å². The molecule has 4 heterocycles. The Bertz CT molecular complexity index is 4120. The van der Waals surface area contributed by atoms with Gasteiger partial charge in [-0.1, -0.05) is 212 Å². The molecule has 5 nitrogen and oxygen atoms in total. The molecule has 0 unspecified atom stereocenters. The van der Waals surface area contributed by atoms with Crippen LogP contribution in [0.5, 0.6) is 0 Å². The second kappa shape index (κ2) is 15.8. The van der Waals surface area contributed by atoms with Gasteiger partial charge in [-0.3, -0.25) is 0 Å². The maximum atomic E-state index is 5.66. The van der Waals surface area contributed by atoms with Gasteiger partial charge < -0.3 is 9.13 Å². The first-order valence-corrected chi connectivity index (χ1v) is 24.1. The van der Waals surface area contributed by atoms with Crippen LogP contribution in [0.15, 0.2) is 237 Å². The number of aromatic nitrogens is 5. The van der Waals surface area contributed by atoms with E-state index >= 15 is 0 Å². The molecule has 0 N–H and O–H groups in total. The number of benzene rings is 10. The minimum Gasteiger partial charge on any atom is -0.306 e. The molecule has 0 bridgehead atoms. The van der Waals surface area contributed by atoms with Crippen molar-refractivity contribution < 1.29 is 0 Å². The average molecular weight is 898 g/mol. The fourth-order valence-electron chi connectivity index (χ4n) is 10.6. The van der Waals surface area contributed by atoms with Crippen molar-refractivity contribution in [3.8, 4) is 67.8 Å². The van der Waals surface area contributed by atoms with E-state index in [0.717, 1.165) is 66.6 Å². The standard InChI is InChI=1S/C63H39N5S/c1-5-22-40(23-6-1)44-34-21-35-49-55-54(41-24-7-2-8-25-41)56(63-65-61(42-26-9-3-10-27-42)64-62(66-63)43-28-11-4-12-29-43)57(67-50-36-17-13-30-45(50)46-31-14-18-37-51(46)67)58(60(55)69-59(44)49)68-52-38-19-15-32-47(52)48-33-16-20-39-53(48)68/h1-39H. The topological polar surface area (TPSA) is 48.5 Å². The molecule has 322 valence electrons. The van der Waals surface area contributed by atoms with Gasteiger partial charge >= 0.3 is 0 Å². The number of hydrogen-bond donors (Lipinski definition) is 0. The van der Waals surface area contributed by atoms with Crippen molar-refractivity contribution in [1.29, 1.82) is 0 Å². The summed E-state index contributed by atoms with van der Waals surface area (Å²) in [4.78, 5) is 16.6. The van der Waals surface area contributed by atoms with E-state index in [1.54, 1.807) is 0 Å². The quantitative estimate of drug-likeness (QED) is 0.160. The van der Waals surface area contributed by atoms with Crippen LogP contribution in [-0.4, -0.2) is 24.1 Å². The largest absolute Gasteiger partial charge is 0.306 e. The number of hydrogen-bond acceptors (Lipinski definition) is 4. The Morgan fingerprint density at radius 1 is 0.275 bits per heavy atom. The van der Waals surface area contributed by atoms with Gasteiger partial charge in [-0.15, -0.1) is 11.3 Å². The van der Waals surface area contributed by atoms with Crippen LogP contribution in [0.1, 0.15) is 0 Å². The predicted molar refractivity (Wildman–Crippen MR) is 289 cm³/mol. The summed E-state index contributed by atoms with van der Waals surface area (Å²) in [5.41, 5.74) is 13.7. The van der Waals surface area contributed by atoms with Crippen LogP contribution in [0.25, 0.3) is 132 Å². The lowest BCUT2D eigenvalue weighted by Crippen LogP contribution is -2.10. The maximum Gasteiger partial charge on any atom is 0.166 e. The first kappa shape index (κ1) is 39.2. The first-order valence-electron chi connectivity index (χ1n) is 23.3. The molecule has 0 fully saturated rings. The molecule has 14 rings (SSSR count). The SMILES string of the molecule is c1ccc(-c2nc(-c3ccccc3)nc(-c3c(-n4c5ccccc5c5ccccc54)c(-n4c5ccccc5c5ccccc54)c4sc5c(-c6ccccc6)cccc5c4c3-c3ccccc3)n2)cc1. The van der Waals surface area contributed by atoms with Crippen molar-refractivity contribution in [2.24, 2.45) is 0 Å². The summed E-state index contributed by atoms with van der Waals surface area (Å²) in [6, 6.07) is 84.4. The van der Waals surface area contributed by atoms with Crippen molar-refractivity contribution in [2.45, 2.75) is 0 Å². The van der Waals surface area contributed by atoms with E-state index in [1.165, 1.54) is 47.5 Å². The highest BCUT2D eigenvalue weighted by Crippen LogP contribution is 2.55. The Labute approximate surface area is 401 Å². The van der Waals surface area contributed by atoms with Crippen molar-refractivity contribution >= 4 is 75.1 Å². The van der Waals surface area contributed by atoms with Crippen LogP contribution in [0.2, 0.25) is 0 Å². The summed E-state index contributed by atoms with van der Waals surface area (Å²) in [6.07, 6.45) is 0. The van der Waals surface area contributed by atoms with E-state index in [4.69, 9.17) is 15.0 Å². The van der Waals surface area contributed by atoms with Crippen molar-refractivity contribution in [2.75, 3.05) is 0 Å². The van der Waals surface area contributed by atoms with Gasteiger partial charge in [-0.2, -0.15) is 0 Å². The predicted octanol–water partition coefficient (Wildman–Crippen LogP) is 16.8. The number of rotatable bonds is 7. The highest BCUT2D eigenvalue weighted by atomic mass is 32.1. The molecule has 0 aliphatic rings. The van der Waals surface area contributed by atoms with Gasteiger partial charge in [-0.25, -0.2) is 15.0 Å². The lowest BCUT2D eigenvalue weighted by atomic mass is 9.90. The van der Waals surface area contributed by atoms with E-state index in [9.17, 15) is 0 Å². The molecule has 69 heavy (non-hydrogen) atoms. The molecular weight excluding hydrogens is 859 g/mol. The maximum absolute atomic E-state index is 5.66. The summed E-state index contributed by atoms with van der Waals surface area (Å²) in [5, 5.41) is 7.04. The molecule has 14 aromatic rings. The van der Waals surface area contributed by atoms with Gasteiger partial charge in [-0.05, 0) is 41.0 Å². The van der Waals surface area contributed by atoms with E-state index in [0.29, 0.717) is 17.5 Å². The molecule has 0 spiro atoms. The zero-order valence-corrected chi connectivity index (χ0v) is 38.0. The summed E-state index contributed by atoms with van der Waals surface area (Å²) in [5.74, 6) is 1.79. The van der Waals surface area contributed by atoms with E-state index in [2.05, 4.69) is 209 Å². The fourth-order valence-corrected chi connectivity index (χ4v) is 12.0. The molecule has 10 aromatic carbocycles. The molecule has 0 saturated carbocycles. The molecule has 4 aromatic heterocycles. The molecule has 6 heteroatoms. The molecule has 0 saturated heterocycles. The first-order chi connectivity index (χ1) is 34.3. The highest BCUT2D eigenvalue weighted by Gasteiger charge is 2.32. The Hall–Kier alpha value is -8.97. The van der Waals surface area contributed by atoms with Crippen LogP contribution in [-0.2, 0) is 0 Å². The van der Waals surface area contributed by atoms with E-state index in [1.807, 2.05) is 47.7 Å². The van der Waals surface area contributed by atoms with E-state index < -0.39 is 0 Å². The number of thiophene rings is 1. The molecule has 0 amide bonds. The zero-order chi connectivity index (χ0) is 45.4. The number of para-hydroxylation sites is 4. The lowest BCUT2D eigenvalue weighted by molar-refractivity contribution is 1.06. The third kappa shape index (κ3) is 6.13. The minimum absolute atomic E-state index is 0.584. The summed E-state index contributed by atoms with van der Waals surface area (Å²) < 4.78 is 7.41. The molecular formula is C63H39N5S. The van der Waals surface area contributed by atoms with Gasteiger partial charge in [0.25, 0.3) is 0 Å². The van der Waals surface area contributed by atoms with E-state index in [-0.39, 0.29) is 0 Å². The minimum atomic E-state index is 0.584. The second-order valence-corrected chi connectivity index (χ2v) is 18.5. The van der Waals surface area contributed by atoms with Crippen molar-refractivity contribution in [3.05, 3.63) is 237 Å². The van der Waals surface area contributed by atoms with Crippen LogP contribution in [0, 0.1) is 0 Å². The average Bonchev–Trinajstić information content (AvgIpc) is 4.09. The van der Waals surface area contributed by atoms with Gasteiger partial charge in [0.05, 0.1) is 43.7 Å². The Morgan fingerprint density at radius 2 is 0.652 bits per heavy atom. The summed E-state index contributed by atoms with van der Waals surface area (Å²) in [6.45, 7) is 0. The normalized spacial score (nSPS) is 11.8. The van der Waals surface area contributed by atoms with Gasteiger partial charge in [0.2, 0.25) is 0 Å². The smallest absolute Gasteiger partial charge is 0.166 e. The van der Waals surface area contributed by atoms with Gasteiger partial charge in [0, 0.05) is 53.7 Å². The second-order valence-electron chi connectivity index (χ2n) is 17.4. The number of nitrogens with zero attached hydrogens (tertiary/aromatic N) is 5. The van der Waals surface area contributed by atoms with Gasteiger partial charge in [0.1, 0.15) is 0 Å².